The van der Waals surface area contributed by atoms with Gasteiger partial charge in [0.2, 0.25) is 5.91 Å². The molecule has 2 rings (SSSR count). The number of carbonyl (C=O) groups is 1. The average Bonchev–Trinajstić information content (AvgIpc) is 2.43. The Hall–Kier alpha value is -1.49. The molecule has 0 bridgehead atoms. The van der Waals surface area contributed by atoms with E-state index in [1.807, 2.05) is 39.1 Å². The molecule has 4 nitrogen and oxygen atoms in total. The highest BCUT2D eigenvalue weighted by atomic mass is 32.2. The Bertz CT molecular complexity index is 514. The van der Waals surface area contributed by atoms with Crippen LogP contribution >= 0.6 is 11.8 Å². The third-order valence-electron chi connectivity index (χ3n) is 2.96. The monoisotopic (exact) mass is 278 g/mol. The second-order valence-corrected chi connectivity index (χ2v) is 5.45. The molecule has 1 heterocycles. The van der Waals surface area contributed by atoms with Crippen LogP contribution in [0.1, 0.15) is 25.8 Å². The van der Waals surface area contributed by atoms with Gasteiger partial charge in [-0.15, -0.1) is 11.8 Å². The van der Waals surface area contributed by atoms with Crippen molar-refractivity contribution in [1.29, 1.82) is 0 Å². The molecular formula is C14H18N2O2S. The highest BCUT2D eigenvalue weighted by Gasteiger charge is 2.21. The van der Waals surface area contributed by atoms with E-state index in [1.54, 1.807) is 16.7 Å². The summed E-state index contributed by atoms with van der Waals surface area (Å²) in [7, 11) is 1.81. The standard InChI is InChI=1S/C14H18N2O2S/c1-4-7-18-15-10(2)11-5-6-13-12(8-11)16(3)14(17)9-19-13/h5-6,8H,4,7,9H2,1-3H3/b15-10+. The number of anilines is 1. The molecule has 0 spiro atoms. The lowest BCUT2D eigenvalue weighted by Crippen LogP contribution is -2.31. The van der Waals surface area contributed by atoms with E-state index >= 15 is 0 Å². The van der Waals surface area contributed by atoms with Crippen LogP contribution in [0.5, 0.6) is 0 Å². The first-order valence-corrected chi connectivity index (χ1v) is 7.32. The minimum atomic E-state index is 0.131. The molecule has 0 atom stereocenters. The lowest BCUT2D eigenvalue weighted by atomic mass is 10.1. The van der Waals surface area contributed by atoms with Gasteiger partial charge in [0.1, 0.15) is 6.61 Å². The summed E-state index contributed by atoms with van der Waals surface area (Å²) in [4.78, 5) is 19.7. The van der Waals surface area contributed by atoms with Crippen LogP contribution < -0.4 is 4.90 Å². The number of thioether (sulfide) groups is 1. The van der Waals surface area contributed by atoms with Gasteiger partial charge in [0.05, 0.1) is 17.2 Å². The topological polar surface area (TPSA) is 41.9 Å². The van der Waals surface area contributed by atoms with Crippen LogP contribution in [-0.4, -0.2) is 31.0 Å². The summed E-state index contributed by atoms with van der Waals surface area (Å²) in [6.07, 6.45) is 0.939. The van der Waals surface area contributed by atoms with Crippen LogP contribution in [0, 0.1) is 0 Å². The van der Waals surface area contributed by atoms with Crippen molar-refractivity contribution in [3.63, 3.8) is 0 Å². The van der Waals surface area contributed by atoms with Gasteiger partial charge in [0.25, 0.3) is 0 Å². The Kier molecular flexibility index (Phi) is 4.47. The fraction of sp³-hybridized carbons (Fsp3) is 0.429. The molecule has 1 aromatic carbocycles. The average molecular weight is 278 g/mol. The first kappa shape index (κ1) is 13.9. The summed E-state index contributed by atoms with van der Waals surface area (Å²) in [5.41, 5.74) is 2.76. The van der Waals surface area contributed by atoms with Crippen molar-refractivity contribution < 1.29 is 9.63 Å². The van der Waals surface area contributed by atoms with E-state index in [2.05, 4.69) is 5.16 Å². The van der Waals surface area contributed by atoms with Gasteiger partial charge in [-0.25, -0.2) is 0 Å². The van der Waals surface area contributed by atoms with E-state index in [1.165, 1.54) is 0 Å². The second kappa shape index (κ2) is 6.10. The number of oxime groups is 1. The van der Waals surface area contributed by atoms with Gasteiger partial charge in [-0.1, -0.05) is 18.1 Å². The van der Waals surface area contributed by atoms with Crippen molar-refractivity contribution in [3.8, 4) is 0 Å². The van der Waals surface area contributed by atoms with E-state index in [0.717, 1.165) is 28.3 Å². The molecule has 0 unspecified atom stereocenters. The molecule has 0 saturated carbocycles. The zero-order chi connectivity index (χ0) is 13.8. The summed E-state index contributed by atoms with van der Waals surface area (Å²) in [5, 5.41) is 4.08. The highest BCUT2D eigenvalue weighted by Crippen LogP contribution is 2.35. The Morgan fingerprint density at radius 3 is 3.05 bits per heavy atom. The number of benzene rings is 1. The predicted molar refractivity (Wildman–Crippen MR) is 79.0 cm³/mol. The van der Waals surface area contributed by atoms with Crippen molar-refractivity contribution in [1.82, 2.24) is 0 Å². The summed E-state index contributed by atoms with van der Waals surface area (Å²) in [6, 6.07) is 6.05. The van der Waals surface area contributed by atoms with Gasteiger partial charge in [0.15, 0.2) is 0 Å². The van der Waals surface area contributed by atoms with Crippen molar-refractivity contribution in [2.24, 2.45) is 5.16 Å². The Balaban J connectivity index is 2.25. The van der Waals surface area contributed by atoms with Gasteiger partial charge in [-0.05, 0) is 25.5 Å². The fourth-order valence-corrected chi connectivity index (χ4v) is 2.76. The summed E-state index contributed by atoms with van der Waals surface area (Å²) < 4.78 is 0. The fourth-order valence-electron chi connectivity index (χ4n) is 1.78. The molecule has 1 amide bonds. The molecule has 0 N–H and O–H groups in total. The summed E-state index contributed by atoms with van der Waals surface area (Å²) >= 11 is 1.58. The zero-order valence-electron chi connectivity index (χ0n) is 11.5. The first-order valence-electron chi connectivity index (χ1n) is 6.33. The van der Waals surface area contributed by atoms with E-state index in [9.17, 15) is 4.79 Å². The third kappa shape index (κ3) is 3.10. The minimum Gasteiger partial charge on any atom is -0.396 e. The predicted octanol–water partition coefficient (Wildman–Crippen LogP) is 2.91. The van der Waals surface area contributed by atoms with E-state index in [-0.39, 0.29) is 5.91 Å². The van der Waals surface area contributed by atoms with Crippen LogP contribution in [0.2, 0.25) is 0 Å². The van der Waals surface area contributed by atoms with Crippen LogP contribution in [-0.2, 0) is 9.63 Å². The first-order chi connectivity index (χ1) is 9.13. The van der Waals surface area contributed by atoms with E-state index in [4.69, 9.17) is 4.84 Å². The highest BCUT2D eigenvalue weighted by molar-refractivity contribution is 8.00. The molecule has 1 aromatic rings. The van der Waals surface area contributed by atoms with Crippen LogP contribution in [0.15, 0.2) is 28.3 Å². The molecule has 19 heavy (non-hydrogen) atoms. The Morgan fingerprint density at radius 2 is 2.32 bits per heavy atom. The maximum absolute atomic E-state index is 11.7. The number of carbonyl (C=O) groups excluding carboxylic acids is 1. The Morgan fingerprint density at radius 1 is 1.53 bits per heavy atom. The van der Waals surface area contributed by atoms with Crippen LogP contribution in [0.3, 0.4) is 0 Å². The lowest BCUT2D eigenvalue weighted by Gasteiger charge is -2.25. The molecule has 0 saturated heterocycles. The minimum absolute atomic E-state index is 0.131. The number of hydrogen-bond acceptors (Lipinski definition) is 4. The quantitative estimate of drug-likeness (QED) is 0.483. The van der Waals surface area contributed by atoms with E-state index in [0.29, 0.717) is 12.4 Å². The maximum atomic E-state index is 11.7. The molecule has 0 aliphatic carbocycles. The van der Waals surface area contributed by atoms with Crippen molar-refractivity contribution >= 4 is 29.1 Å². The van der Waals surface area contributed by atoms with Crippen molar-refractivity contribution in [3.05, 3.63) is 23.8 Å². The van der Waals surface area contributed by atoms with Gasteiger partial charge >= 0.3 is 0 Å². The van der Waals surface area contributed by atoms with Gasteiger partial charge in [-0.2, -0.15) is 0 Å². The molecule has 102 valence electrons. The largest absolute Gasteiger partial charge is 0.396 e. The SMILES string of the molecule is CCCO/N=C(\C)c1ccc2c(c1)N(C)C(=O)CS2. The number of amides is 1. The smallest absolute Gasteiger partial charge is 0.237 e. The second-order valence-electron chi connectivity index (χ2n) is 4.43. The maximum Gasteiger partial charge on any atom is 0.237 e. The lowest BCUT2D eigenvalue weighted by molar-refractivity contribution is -0.116. The molecule has 5 heteroatoms. The van der Waals surface area contributed by atoms with Gasteiger partial charge in [0, 0.05) is 17.5 Å². The molecule has 1 aliphatic rings. The Labute approximate surface area is 117 Å². The van der Waals surface area contributed by atoms with Gasteiger partial charge in [-0.3, -0.25) is 4.79 Å². The summed E-state index contributed by atoms with van der Waals surface area (Å²) in [5.74, 6) is 0.640. The molecule has 0 fully saturated rings. The van der Waals surface area contributed by atoms with Crippen LogP contribution in [0.25, 0.3) is 0 Å². The summed E-state index contributed by atoms with van der Waals surface area (Å²) in [6.45, 7) is 4.58. The number of nitrogens with zero attached hydrogens (tertiary/aromatic N) is 2. The number of rotatable bonds is 4. The van der Waals surface area contributed by atoms with Crippen LogP contribution in [0.4, 0.5) is 5.69 Å². The molecule has 0 radical (unpaired) electrons. The molecular weight excluding hydrogens is 260 g/mol. The zero-order valence-corrected chi connectivity index (χ0v) is 12.3. The number of hydrogen-bond donors (Lipinski definition) is 0. The van der Waals surface area contributed by atoms with Crippen molar-refractivity contribution in [2.75, 3.05) is 24.3 Å². The van der Waals surface area contributed by atoms with Gasteiger partial charge < -0.3 is 9.74 Å². The molecule has 0 aromatic heterocycles. The number of fused-ring (bicyclic) bond motifs is 1. The molecule has 1 aliphatic heterocycles. The van der Waals surface area contributed by atoms with Crippen molar-refractivity contribution in [2.45, 2.75) is 25.2 Å². The van der Waals surface area contributed by atoms with E-state index < -0.39 is 0 Å². The third-order valence-corrected chi connectivity index (χ3v) is 4.01. The normalized spacial score (nSPS) is 15.4.